The highest BCUT2D eigenvalue weighted by Crippen LogP contribution is 2.48. The molecule has 8 rings (SSSR count). The summed E-state index contributed by atoms with van der Waals surface area (Å²) in [6.45, 7) is 0.776. The average molecular weight is 436 g/mol. The molecule has 1 aliphatic rings. The zero-order valence-electron chi connectivity index (χ0n) is 18.5. The summed E-state index contributed by atoms with van der Waals surface area (Å²) in [6.07, 6.45) is 0. The molecule has 3 heteroatoms. The van der Waals surface area contributed by atoms with Crippen LogP contribution in [-0.4, -0.2) is 11.1 Å². The second-order valence-electron chi connectivity index (χ2n) is 9.05. The van der Waals surface area contributed by atoms with Crippen molar-refractivity contribution in [1.82, 2.24) is 4.40 Å². The molecule has 2 aromatic heterocycles. The van der Waals surface area contributed by atoms with Gasteiger partial charge in [-0.1, -0.05) is 78.9 Å². The Hall–Kier alpha value is -4.50. The van der Waals surface area contributed by atoms with Gasteiger partial charge in [-0.2, -0.15) is 0 Å². The lowest BCUT2D eigenvalue weighted by Gasteiger charge is -2.23. The van der Waals surface area contributed by atoms with E-state index < -0.39 is 0 Å². The molecule has 0 amide bonds. The van der Waals surface area contributed by atoms with Crippen molar-refractivity contribution in [3.63, 3.8) is 0 Å². The lowest BCUT2D eigenvalue weighted by Crippen LogP contribution is -2.24. The highest BCUT2D eigenvalue weighted by atomic mass is 15.4. The first-order valence-electron chi connectivity index (χ1n) is 11.8. The van der Waals surface area contributed by atoms with E-state index in [-0.39, 0.29) is 0 Å². The van der Waals surface area contributed by atoms with Gasteiger partial charge in [0.2, 0.25) is 0 Å². The van der Waals surface area contributed by atoms with Crippen LogP contribution in [0.15, 0.2) is 115 Å². The fraction of sp³-hybridized carbons (Fsp3) is 0.0323. The molecule has 3 nitrogen and oxygen atoms in total. The Labute approximate surface area is 197 Å². The molecule has 160 valence electrons. The van der Waals surface area contributed by atoms with Crippen LogP contribution in [0.1, 0.15) is 0 Å². The summed E-state index contributed by atoms with van der Waals surface area (Å²) >= 11 is 0. The van der Waals surface area contributed by atoms with E-state index in [0.717, 1.165) is 6.67 Å². The molecule has 0 saturated carbocycles. The van der Waals surface area contributed by atoms with Gasteiger partial charge in [-0.15, -0.1) is 0 Å². The van der Waals surface area contributed by atoms with E-state index in [9.17, 15) is 0 Å². The van der Waals surface area contributed by atoms with Crippen LogP contribution >= 0.6 is 0 Å². The van der Waals surface area contributed by atoms with E-state index in [1.54, 1.807) is 0 Å². The Morgan fingerprint density at radius 3 is 1.79 bits per heavy atom. The molecule has 0 bridgehead atoms. The lowest BCUT2D eigenvalue weighted by atomic mass is 10.1. The van der Waals surface area contributed by atoms with Crippen LogP contribution in [-0.2, 0) is 0 Å². The molecule has 0 atom stereocenters. The summed E-state index contributed by atoms with van der Waals surface area (Å²) in [4.78, 5) is 4.87. The van der Waals surface area contributed by atoms with Crippen molar-refractivity contribution in [2.75, 3.05) is 16.5 Å². The van der Waals surface area contributed by atoms with E-state index >= 15 is 0 Å². The topological polar surface area (TPSA) is 10.9 Å². The summed E-state index contributed by atoms with van der Waals surface area (Å²) in [6, 6.07) is 41.7. The predicted octanol–water partition coefficient (Wildman–Crippen LogP) is 8.08. The summed E-state index contributed by atoms with van der Waals surface area (Å²) < 4.78 is 2.48. The van der Waals surface area contributed by atoms with Crippen LogP contribution < -0.4 is 9.80 Å². The number of nitrogens with zero attached hydrogens (tertiary/aromatic N) is 3. The van der Waals surface area contributed by atoms with Crippen LogP contribution in [0.5, 0.6) is 0 Å². The molecular weight excluding hydrogens is 414 g/mol. The lowest BCUT2D eigenvalue weighted by molar-refractivity contribution is 0.993. The minimum Gasteiger partial charge on any atom is -0.321 e. The first-order valence-corrected chi connectivity index (χ1v) is 11.8. The maximum atomic E-state index is 2.48. The van der Waals surface area contributed by atoms with Crippen LogP contribution in [0.2, 0.25) is 0 Å². The number of hydrogen-bond acceptors (Lipinski definition) is 2. The third-order valence-electron chi connectivity index (χ3n) is 7.33. The third kappa shape index (κ3) is 2.21. The number of rotatable bonds is 2. The Morgan fingerprint density at radius 2 is 0.971 bits per heavy atom. The number of aromatic nitrogens is 1. The molecule has 0 N–H and O–H groups in total. The molecule has 1 aliphatic heterocycles. The highest BCUT2D eigenvalue weighted by molar-refractivity contribution is 6.25. The fourth-order valence-corrected chi connectivity index (χ4v) is 5.92. The monoisotopic (exact) mass is 435 g/mol. The van der Waals surface area contributed by atoms with Crippen molar-refractivity contribution in [1.29, 1.82) is 0 Å². The number of benzene rings is 5. The molecule has 5 aromatic carbocycles. The zero-order valence-corrected chi connectivity index (χ0v) is 18.5. The minimum atomic E-state index is 0.776. The van der Waals surface area contributed by atoms with Gasteiger partial charge in [-0.25, -0.2) is 0 Å². The zero-order chi connectivity index (χ0) is 22.2. The standard InChI is InChI=1S/C31H21N3/c1-2-10-21(11-3-1)32-20-33(28-18-7-6-17-27(28)32)29-19-9-15-25-24-14-8-13-23-22-12-4-5-16-26(22)34(30(23)24)31(25)29/h1-19H,20H2. The van der Waals surface area contributed by atoms with E-state index in [1.165, 1.54) is 60.8 Å². The summed E-state index contributed by atoms with van der Waals surface area (Å²) in [5.41, 5.74) is 8.79. The van der Waals surface area contributed by atoms with Crippen molar-refractivity contribution in [3.8, 4) is 0 Å². The minimum absolute atomic E-state index is 0.776. The van der Waals surface area contributed by atoms with Crippen molar-refractivity contribution in [2.45, 2.75) is 0 Å². The molecule has 0 spiro atoms. The Kier molecular flexibility index (Phi) is 3.45. The summed E-state index contributed by atoms with van der Waals surface area (Å²) in [5.74, 6) is 0. The molecule has 0 fully saturated rings. The van der Waals surface area contributed by atoms with E-state index in [4.69, 9.17) is 0 Å². The number of fused-ring (bicyclic) bond motifs is 7. The van der Waals surface area contributed by atoms with Gasteiger partial charge >= 0.3 is 0 Å². The van der Waals surface area contributed by atoms with Gasteiger partial charge in [0.1, 0.15) is 6.67 Å². The number of para-hydroxylation sites is 6. The van der Waals surface area contributed by atoms with Gasteiger partial charge in [0, 0.05) is 27.2 Å². The highest BCUT2D eigenvalue weighted by Gasteiger charge is 2.30. The van der Waals surface area contributed by atoms with Crippen LogP contribution in [0.25, 0.3) is 38.1 Å². The normalized spacial score (nSPS) is 13.6. The molecule has 0 unspecified atom stereocenters. The first-order chi connectivity index (χ1) is 16.9. The van der Waals surface area contributed by atoms with Crippen LogP contribution in [0, 0.1) is 0 Å². The number of anilines is 4. The predicted molar refractivity (Wildman–Crippen MR) is 143 cm³/mol. The first kappa shape index (κ1) is 18.0. The maximum Gasteiger partial charge on any atom is 0.100 e. The average Bonchev–Trinajstić information content (AvgIpc) is 3.56. The quantitative estimate of drug-likeness (QED) is 0.272. The summed E-state index contributed by atoms with van der Waals surface area (Å²) in [7, 11) is 0. The molecule has 0 saturated heterocycles. The van der Waals surface area contributed by atoms with Gasteiger partial charge in [0.05, 0.1) is 33.6 Å². The van der Waals surface area contributed by atoms with E-state index in [1.807, 2.05) is 0 Å². The third-order valence-corrected chi connectivity index (χ3v) is 7.33. The molecule has 3 heterocycles. The molecule has 0 radical (unpaired) electrons. The van der Waals surface area contributed by atoms with Gasteiger partial charge in [0.15, 0.2) is 0 Å². The second-order valence-corrected chi connectivity index (χ2v) is 9.05. The SMILES string of the molecule is c1ccc(N2CN(c3cccc4c5cccc6c7ccccc7n(c34)c65)c3ccccc32)cc1. The van der Waals surface area contributed by atoms with Crippen molar-refractivity contribution >= 4 is 60.8 Å². The van der Waals surface area contributed by atoms with Gasteiger partial charge < -0.3 is 14.2 Å². The Balaban J connectivity index is 1.46. The molecule has 34 heavy (non-hydrogen) atoms. The fourth-order valence-electron chi connectivity index (χ4n) is 5.92. The van der Waals surface area contributed by atoms with Gasteiger partial charge in [-0.3, -0.25) is 0 Å². The smallest absolute Gasteiger partial charge is 0.100 e. The molecular formula is C31H21N3. The van der Waals surface area contributed by atoms with E-state index in [2.05, 4.69) is 129 Å². The van der Waals surface area contributed by atoms with E-state index in [0.29, 0.717) is 0 Å². The van der Waals surface area contributed by atoms with Crippen molar-refractivity contribution in [2.24, 2.45) is 0 Å². The van der Waals surface area contributed by atoms with Crippen molar-refractivity contribution < 1.29 is 0 Å². The Bertz CT molecular complexity index is 1850. The van der Waals surface area contributed by atoms with Crippen LogP contribution in [0.4, 0.5) is 22.7 Å². The Morgan fingerprint density at radius 1 is 0.412 bits per heavy atom. The maximum absolute atomic E-state index is 2.48. The van der Waals surface area contributed by atoms with Gasteiger partial charge in [-0.05, 0) is 36.4 Å². The largest absolute Gasteiger partial charge is 0.321 e. The van der Waals surface area contributed by atoms with Crippen LogP contribution in [0.3, 0.4) is 0 Å². The number of hydrogen-bond donors (Lipinski definition) is 0. The second kappa shape index (κ2) is 6.52. The van der Waals surface area contributed by atoms with Crippen molar-refractivity contribution in [3.05, 3.63) is 115 Å². The van der Waals surface area contributed by atoms with Gasteiger partial charge in [0.25, 0.3) is 0 Å². The molecule has 0 aliphatic carbocycles. The summed E-state index contributed by atoms with van der Waals surface area (Å²) in [5, 5.41) is 5.26. The molecule has 7 aromatic rings.